The number of hydrogen-bond donors (Lipinski definition) is 1. The molecule has 1 N–H and O–H groups in total. The van der Waals surface area contributed by atoms with Crippen molar-refractivity contribution in [1.82, 2.24) is 0 Å². The van der Waals surface area contributed by atoms with E-state index in [9.17, 15) is 13.2 Å². The zero-order chi connectivity index (χ0) is 17.3. The quantitative estimate of drug-likeness (QED) is 0.907. The highest BCUT2D eigenvalue weighted by molar-refractivity contribution is 7.92. The largest absolute Gasteiger partial charge is 0.312 e. The number of nitrogens with zero attached hydrogens (tertiary/aromatic N) is 1. The van der Waals surface area contributed by atoms with E-state index in [2.05, 4.69) is 4.72 Å². The average Bonchev–Trinajstić information content (AvgIpc) is 2.55. The predicted octanol–water partition coefficient (Wildman–Crippen LogP) is 3.44. The van der Waals surface area contributed by atoms with Crippen molar-refractivity contribution < 1.29 is 13.2 Å². The summed E-state index contributed by atoms with van der Waals surface area (Å²) in [7, 11) is -3.69. The van der Waals surface area contributed by atoms with Crippen molar-refractivity contribution in [2.24, 2.45) is 0 Å². The van der Waals surface area contributed by atoms with Gasteiger partial charge in [0.25, 0.3) is 10.0 Å². The van der Waals surface area contributed by atoms with E-state index < -0.39 is 10.0 Å². The molecule has 2 aromatic carbocycles. The van der Waals surface area contributed by atoms with Crippen LogP contribution >= 0.6 is 11.6 Å². The Bertz CT molecular complexity index is 879. The molecule has 1 heterocycles. The van der Waals surface area contributed by atoms with Crippen molar-refractivity contribution in [2.75, 3.05) is 16.2 Å². The van der Waals surface area contributed by atoms with Gasteiger partial charge in [-0.25, -0.2) is 8.42 Å². The Hall–Kier alpha value is -2.05. The van der Waals surface area contributed by atoms with Crippen LogP contribution in [0, 0.1) is 0 Å². The fraction of sp³-hybridized carbons (Fsp3) is 0.235. The molecule has 0 radical (unpaired) electrons. The van der Waals surface area contributed by atoms with Gasteiger partial charge >= 0.3 is 0 Å². The first-order chi connectivity index (χ1) is 11.4. The van der Waals surface area contributed by atoms with Crippen LogP contribution in [0.4, 0.5) is 11.4 Å². The number of halogens is 1. The number of aryl methyl sites for hydroxylation is 1. The molecular weight excluding hydrogens is 348 g/mol. The van der Waals surface area contributed by atoms with Crippen LogP contribution in [0.5, 0.6) is 0 Å². The number of anilines is 2. The molecule has 0 bridgehead atoms. The van der Waals surface area contributed by atoms with Crippen molar-refractivity contribution in [3.05, 3.63) is 53.1 Å². The molecule has 24 heavy (non-hydrogen) atoms. The fourth-order valence-electron chi connectivity index (χ4n) is 2.80. The number of carbonyl (C=O) groups excluding carboxylic acids is 1. The van der Waals surface area contributed by atoms with Crippen LogP contribution in [0.3, 0.4) is 0 Å². The number of sulfonamides is 1. The van der Waals surface area contributed by atoms with Gasteiger partial charge < -0.3 is 4.90 Å². The minimum absolute atomic E-state index is 0.0363. The lowest BCUT2D eigenvalue weighted by atomic mass is 10.0. The topological polar surface area (TPSA) is 66.5 Å². The van der Waals surface area contributed by atoms with Gasteiger partial charge in [-0.15, -0.1) is 0 Å². The molecule has 7 heteroatoms. The van der Waals surface area contributed by atoms with Gasteiger partial charge in [-0.2, -0.15) is 0 Å². The Morgan fingerprint density at radius 3 is 2.54 bits per heavy atom. The van der Waals surface area contributed by atoms with Crippen LogP contribution in [0.25, 0.3) is 0 Å². The van der Waals surface area contributed by atoms with Gasteiger partial charge in [0.2, 0.25) is 5.91 Å². The normalized spacial score (nSPS) is 14.2. The molecule has 5 nitrogen and oxygen atoms in total. The molecule has 0 fully saturated rings. The second-order valence-corrected chi connectivity index (χ2v) is 7.80. The van der Waals surface area contributed by atoms with E-state index in [4.69, 9.17) is 11.6 Å². The summed E-state index contributed by atoms with van der Waals surface area (Å²) in [5, 5.41) is 0.538. The molecule has 126 valence electrons. The first-order valence-electron chi connectivity index (χ1n) is 7.56. The van der Waals surface area contributed by atoms with Gasteiger partial charge in [-0.3, -0.25) is 9.52 Å². The summed E-state index contributed by atoms with van der Waals surface area (Å²) in [5.74, 6) is -0.0363. The van der Waals surface area contributed by atoms with Crippen LogP contribution < -0.4 is 9.62 Å². The highest BCUT2D eigenvalue weighted by Gasteiger charge is 2.23. The summed E-state index contributed by atoms with van der Waals surface area (Å²) >= 11 is 5.81. The van der Waals surface area contributed by atoms with Crippen LogP contribution in [-0.2, 0) is 21.2 Å². The third-order valence-electron chi connectivity index (χ3n) is 3.96. The van der Waals surface area contributed by atoms with Crippen molar-refractivity contribution >= 4 is 38.9 Å². The van der Waals surface area contributed by atoms with E-state index in [0.717, 1.165) is 24.1 Å². The Morgan fingerprint density at radius 2 is 1.88 bits per heavy atom. The zero-order valence-corrected chi connectivity index (χ0v) is 14.7. The van der Waals surface area contributed by atoms with Gasteiger partial charge in [-0.05, 0) is 60.9 Å². The third-order valence-corrected chi connectivity index (χ3v) is 5.59. The molecule has 1 aliphatic heterocycles. The number of carbonyl (C=O) groups is 1. The number of nitrogens with one attached hydrogen (secondary N) is 1. The van der Waals surface area contributed by atoms with Gasteiger partial charge in [0.05, 0.1) is 4.90 Å². The number of fused-ring (bicyclic) bond motifs is 1. The average molecular weight is 365 g/mol. The third kappa shape index (κ3) is 3.39. The number of amides is 1. The predicted molar refractivity (Wildman–Crippen MR) is 95.1 cm³/mol. The maximum Gasteiger partial charge on any atom is 0.261 e. The lowest BCUT2D eigenvalue weighted by Gasteiger charge is -2.28. The first-order valence-corrected chi connectivity index (χ1v) is 9.42. The molecule has 0 atom stereocenters. The summed E-state index contributed by atoms with van der Waals surface area (Å²) < 4.78 is 27.7. The summed E-state index contributed by atoms with van der Waals surface area (Å²) in [6.45, 7) is 2.18. The molecule has 2 aromatic rings. The Labute approximate surface area is 146 Å². The number of hydrogen-bond acceptors (Lipinski definition) is 3. The highest BCUT2D eigenvalue weighted by Crippen LogP contribution is 2.30. The summed E-state index contributed by atoms with van der Waals surface area (Å²) in [6.07, 6.45) is 1.57. The van der Waals surface area contributed by atoms with E-state index in [1.54, 1.807) is 41.3 Å². The van der Waals surface area contributed by atoms with E-state index in [-0.39, 0.29) is 10.8 Å². The Kier molecular flexibility index (Phi) is 4.51. The fourth-order valence-corrected chi connectivity index (χ4v) is 4.03. The minimum Gasteiger partial charge on any atom is -0.312 e. The van der Waals surface area contributed by atoms with Crippen molar-refractivity contribution in [2.45, 2.75) is 24.7 Å². The van der Waals surface area contributed by atoms with E-state index in [1.807, 2.05) is 0 Å². The van der Waals surface area contributed by atoms with E-state index >= 15 is 0 Å². The molecule has 0 unspecified atom stereocenters. The lowest BCUT2D eigenvalue weighted by Crippen LogP contribution is -2.33. The van der Waals surface area contributed by atoms with Crippen LogP contribution in [0.15, 0.2) is 47.4 Å². The molecule has 0 aliphatic carbocycles. The molecule has 1 aliphatic rings. The summed E-state index contributed by atoms with van der Waals surface area (Å²) in [5.41, 5.74) is 2.11. The number of benzene rings is 2. The minimum atomic E-state index is -3.69. The van der Waals surface area contributed by atoms with E-state index in [0.29, 0.717) is 17.3 Å². The van der Waals surface area contributed by atoms with Crippen molar-refractivity contribution in [3.63, 3.8) is 0 Å². The molecular formula is C17H17ClN2O3S. The van der Waals surface area contributed by atoms with Crippen LogP contribution in [0.1, 0.15) is 18.9 Å². The molecule has 0 aromatic heterocycles. The smallest absolute Gasteiger partial charge is 0.261 e. The standard InChI is InChI=1S/C17H17ClN2O3S/c1-12(21)20-10-2-3-13-11-16(8-9-17(13)20)24(22,23)19-15-6-4-14(18)5-7-15/h4-9,11,19H,2-3,10H2,1H3. The van der Waals surface area contributed by atoms with Gasteiger partial charge in [0, 0.05) is 29.9 Å². The van der Waals surface area contributed by atoms with Crippen molar-refractivity contribution in [1.29, 1.82) is 0 Å². The maximum absolute atomic E-state index is 12.6. The Morgan fingerprint density at radius 1 is 1.17 bits per heavy atom. The zero-order valence-electron chi connectivity index (χ0n) is 13.1. The second-order valence-electron chi connectivity index (χ2n) is 5.68. The SMILES string of the molecule is CC(=O)N1CCCc2cc(S(=O)(=O)Nc3ccc(Cl)cc3)ccc21. The summed E-state index contributed by atoms with van der Waals surface area (Å²) in [4.78, 5) is 13.6. The molecule has 0 spiro atoms. The molecule has 1 amide bonds. The summed E-state index contributed by atoms with van der Waals surface area (Å²) in [6, 6.07) is 11.3. The van der Waals surface area contributed by atoms with Gasteiger partial charge in [-0.1, -0.05) is 11.6 Å². The van der Waals surface area contributed by atoms with Crippen LogP contribution in [-0.4, -0.2) is 20.9 Å². The number of rotatable bonds is 3. The second kappa shape index (κ2) is 6.45. The molecule has 3 rings (SSSR count). The molecule has 0 saturated carbocycles. The Balaban J connectivity index is 1.91. The van der Waals surface area contributed by atoms with Gasteiger partial charge in [0.1, 0.15) is 0 Å². The van der Waals surface area contributed by atoms with Crippen LogP contribution in [0.2, 0.25) is 5.02 Å². The van der Waals surface area contributed by atoms with Crippen molar-refractivity contribution in [3.8, 4) is 0 Å². The van der Waals surface area contributed by atoms with E-state index in [1.165, 1.54) is 13.0 Å². The molecule has 0 saturated heterocycles. The monoisotopic (exact) mass is 364 g/mol. The maximum atomic E-state index is 12.6. The highest BCUT2D eigenvalue weighted by atomic mass is 35.5. The first kappa shape index (κ1) is 16.8. The lowest BCUT2D eigenvalue weighted by molar-refractivity contribution is -0.116. The van der Waals surface area contributed by atoms with Gasteiger partial charge in [0.15, 0.2) is 0 Å².